The van der Waals surface area contributed by atoms with Crippen molar-refractivity contribution >= 4 is 17.3 Å². The van der Waals surface area contributed by atoms with Crippen molar-refractivity contribution in [2.45, 2.75) is 26.6 Å². The predicted octanol–water partition coefficient (Wildman–Crippen LogP) is 3.16. The third kappa shape index (κ3) is 4.06. The molecule has 0 unspecified atom stereocenters. The molecular weight excluding hydrogens is 423 g/mol. The van der Waals surface area contributed by atoms with E-state index in [0.717, 1.165) is 22.5 Å². The summed E-state index contributed by atoms with van der Waals surface area (Å²) < 4.78 is 17.0. The molecule has 0 aromatic carbocycles. The molecule has 1 aliphatic heterocycles. The Balaban J connectivity index is 1.34. The van der Waals surface area contributed by atoms with Gasteiger partial charge in [-0.1, -0.05) is 5.21 Å². The highest BCUT2D eigenvalue weighted by molar-refractivity contribution is 5.75. The lowest BCUT2D eigenvalue weighted by molar-refractivity contribution is 0.497. The summed E-state index contributed by atoms with van der Waals surface area (Å²) >= 11 is 0. The molecule has 4 aromatic rings. The van der Waals surface area contributed by atoms with Gasteiger partial charge in [0.05, 0.1) is 37.2 Å². The molecule has 164 valence electrons. The number of nitrogens with one attached hydrogen (secondary N) is 1. The maximum absolute atomic E-state index is 15.2. The first-order valence-electron chi connectivity index (χ1n) is 10.3. The van der Waals surface area contributed by atoms with E-state index >= 15 is 4.39 Å². The number of hydrogen-bond donors (Lipinski definition) is 1. The van der Waals surface area contributed by atoms with Gasteiger partial charge in [0.2, 0.25) is 11.5 Å². The highest BCUT2D eigenvalue weighted by atomic mass is 19.1. The van der Waals surface area contributed by atoms with Gasteiger partial charge < -0.3 is 10.2 Å². The predicted molar refractivity (Wildman–Crippen MR) is 119 cm³/mol. The molecule has 11 heteroatoms. The molecule has 0 amide bonds. The molecule has 1 aliphatic rings. The van der Waals surface area contributed by atoms with Crippen molar-refractivity contribution in [3.63, 3.8) is 0 Å². The summed E-state index contributed by atoms with van der Waals surface area (Å²) in [6.45, 7) is 11.3. The van der Waals surface area contributed by atoms with Gasteiger partial charge in [0, 0.05) is 31.2 Å². The fraction of sp³-hybridized carbons (Fsp3) is 0.227. The van der Waals surface area contributed by atoms with Gasteiger partial charge in [-0.3, -0.25) is 9.97 Å². The van der Waals surface area contributed by atoms with Crippen LogP contribution in [0, 0.1) is 19.3 Å². The number of aryl methyl sites for hydroxylation is 1. The molecule has 0 spiro atoms. The Morgan fingerprint density at radius 2 is 2.06 bits per heavy atom. The van der Waals surface area contributed by atoms with Crippen LogP contribution in [-0.2, 0) is 19.6 Å². The molecule has 5 heterocycles. The molecule has 0 saturated carbocycles. The second-order valence-corrected chi connectivity index (χ2v) is 7.59. The van der Waals surface area contributed by atoms with Crippen LogP contribution < -0.4 is 10.2 Å². The van der Waals surface area contributed by atoms with E-state index in [1.165, 1.54) is 6.33 Å². The van der Waals surface area contributed by atoms with Crippen LogP contribution in [0.5, 0.6) is 0 Å². The average Bonchev–Trinajstić information content (AvgIpc) is 3.31. The number of pyridine rings is 2. The van der Waals surface area contributed by atoms with Gasteiger partial charge in [0.25, 0.3) is 0 Å². The van der Waals surface area contributed by atoms with Crippen LogP contribution in [0.4, 0.5) is 21.7 Å². The number of aromatic nitrogens is 7. The SMILES string of the molecule is [C-]#[N+]c1cc(CNc2ncnc(N3CCn4nncc4C3)c2F)cnc1-c1ccnc(C)c1. The van der Waals surface area contributed by atoms with Gasteiger partial charge in [0.1, 0.15) is 6.33 Å². The van der Waals surface area contributed by atoms with Gasteiger partial charge in [-0.25, -0.2) is 19.5 Å². The maximum atomic E-state index is 15.2. The lowest BCUT2D eigenvalue weighted by Crippen LogP contribution is -2.35. The molecule has 0 bridgehead atoms. The zero-order chi connectivity index (χ0) is 22.8. The summed E-state index contributed by atoms with van der Waals surface area (Å²) in [4.78, 5) is 22.3. The van der Waals surface area contributed by atoms with Gasteiger partial charge in [-0.15, -0.1) is 5.10 Å². The van der Waals surface area contributed by atoms with E-state index in [4.69, 9.17) is 6.57 Å². The highest BCUT2D eigenvalue weighted by Crippen LogP contribution is 2.30. The minimum Gasteiger partial charge on any atom is -0.363 e. The topological polar surface area (TPSA) is 102 Å². The maximum Gasteiger partial charge on any atom is 0.213 e. The third-order valence-electron chi connectivity index (χ3n) is 5.38. The molecule has 10 nitrogen and oxygen atoms in total. The van der Waals surface area contributed by atoms with Gasteiger partial charge in [-0.05, 0) is 36.2 Å². The largest absolute Gasteiger partial charge is 0.363 e. The normalized spacial score (nSPS) is 12.8. The van der Waals surface area contributed by atoms with E-state index in [1.54, 1.807) is 29.3 Å². The van der Waals surface area contributed by atoms with Crippen LogP contribution >= 0.6 is 0 Å². The minimum atomic E-state index is -0.527. The Hall–Kier alpha value is -4.46. The molecule has 4 aromatic heterocycles. The standard InChI is InChI=1S/C22H19FN10/c1-14-7-16(3-4-25-14)20-18(24-2)8-15(9-26-20)10-27-21-19(23)22(29-13-28-21)32-5-6-33-17(12-32)11-30-31-33/h3-4,7-9,11,13H,5-6,10,12H2,1H3,(H,27,28,29). The smallest absolute Gasteiger partial charge is 0.213 e. The van der Waals surface area contributed by atoms with E-state index in [2.05, 4.69) is 40.4 Å². The molecular formula is C22H19FN10. The molecule has 0 radical (unpaired) electrons. The van der Waals surface area contributed by atoms with Crippen molar-refractivity contribution < 1.29 is 4.39 Å². The van der Waals surface area contributed by atoms with Crippen molar-refractivity contribution in [3.8, 4) is 11.3 Å². The van der Waals surface area contributed by atoms with E-state index in [1.807, 2.05) is 24.0 Å². The molecule has 33 heavy (non-hydrogen) atoms. The van der Waals surface area contributed by atoms with Crippen LogP contribution in [0.3, 0.4) is 0 Å². The van der Waals surface area contributed by atoms with E-state index in [0.29, 0.717) is 31.0 Å². The average molecular weight is 442 g/mol. The van der Waals surface area contributed by atoms with Crippen molar-refractivity contribution in [3.05, 3.63) is 77.3 Å². The van der Waals surface area contributed by atoms with Crippen LogP contribution in [0.2, 0.25) is 0 Å². The zero-order valence-corrected chi connectivity index (χ0v) is 17.8. The first kappa shape index (κ1) is 20.4. The monoisotopic (exact) mass is 442 g/mol. The lowest BCUT2D eigenvalue weighted by atomic mass is 10.1. The molecule has 0 saturated heterocycles. The van der Waals surface area contributed by atoms with Crippen molar-refractivity contribution in [1.29, 1.82) is 0 Å². The number of anilines is 2. The zero-order valence-electron chi connectivity index (χ0n) is 17.8. The van der Waals surface area contributed by atoms with Crippen LogP contribution in [0.25, 0.3) is 16.1 Å². The van der Waals surface area contributed by atoms with Crippen molar-refractivity contribution in [2.24, 2.45) is 0 Å². The molecule has 0 atom stereocenters. The van der Waals surface area contributed by atoms with Gasteiger partial charge in [-0.2, -0.15) is 4.39 Å². The first-order valence-corrected chi connectivity index (χ1v) is 10.3. The number of hydrogen-bond acceptors (Lipinski definition) is 8. The Bertz CT molecular complexity index is 1360. The number of nitrogens with zero attached hydrogens (tertiary/aromatic N) is 9. The summed E-state index contributed by atoms with van der Waals surface area (Å²) in [7, 11) is 0. The summed E-state index contributed by atoms with van der Waals surface area (Å²) in [6, 6.07) is 5.45. The van der Waals surface area contributed by atoms with Crippen LogP contribution in [0.15, 0.2) is 43.1 Å². The first-order chi connectivity index (χ1) is 16.1. The van der Waals surface area contributed by atoms with Crippen molar-refractivity contribution in [2.75, 3.05) is 16.8 Å². The van der Waals surface area contributed by atoms with E-state index in [-0.39, 0.29) is 18.2 Å². The lowest BCUT2D eigenvalue weighted by Gasteiger charge is -2.28. The fourth-order valence-electron chi connectivity index (χ4n) is 3.74. The minimum absolute atomic E-state index is 0.0930. The quantitative estimate of drug-likeness (QED) is 0.471. The Kier molecular flexibility index (Phi) is 5.32. The second-order valence-electron chi connectivity index (χ2n) is 7.59. The summed E-state index contributed by atoms with van der Waals surface area (Å²) in [5.74, 6) is -0.209. The number of rotatable bonds is 5. The van der Waals surface area contributed by atoms with E-state index < -0.39 is 5.82 Å². The summed E-state index contributed by atoms with van der Waals surface area (Å²) in [5, 5.41) is 10.9. The molecule has 5 rings (SSSR count). The number of fused-ring (bicyclic) bond motifs is 1. The summed E-state index contributed by atoms with van der Waals surface area (Å²) in [5.41, 5.74) is 4.33. The molecule has 0 fully saturated rings. The van der Waals surface area contributed by atoms with Crippen LogP contribution in [-0.4, -0.2) is 41.5 Å². The van der Waals surface area contributed by atoms with Gasteiger partial charge >= 0.3 is 0 Å². The fourth-order valence-corrected chi connectivity index (χ4v) is 3.74. The van der Waals surface area contributed by atoms with Gasteiger partial charge in [0.15, 0.2) is 11.6 Å². The molecule has 1 N–H and O–H groups in total. The Labute approximate surface area is 189 Å². The number of halogens is 1. The second kappa shape index (κ2) is 8.58. The van der Waals surface area contributed by atoms with E-state index in [9.17, 15) is 0 Å². The summed E-state index contributed by atoms with van der Waals surface area (Å²) in [6.07, 6.45) is 6.37. The van der Waals surface area contributed by atoms with Crippen LogP contribution in [0.1, 0.15) is 17.0 Å². The Morgan fingerprint density at radius 3 is 2.91 bits per heavy atom. The molecule has 0 aliphatic carbocycles. The Morgan fingerprint density at radius 1 is 1.15 bits per heavy atom. The highest BCUT2D eigenvalue weighted by Gasteiger charge is 2.23. The third-order valence-corrected chi connectivity index (χ3v) is 5.38. The van der Waals surface area contributed by atoms with Crippen molar-refractivity contribution in [1.82, 2.24) is 34.9 Å².